The fourth-order valence-electron chi connectivity index (χ4n) is 13.1. The minimum absolute atomic E-state index is 0.00535. The molecule has 63 heavy (non-hydrogen) atoms. The van der Waals surface area contributed by atoms with E-state index in [1.165, 1.54) is 45.0 Å². The number of nitrogens with two attached hydrogens (primary N) is 1. The highest BCUT2D eigenvalue weighted by Gasteiger charge is 2.69. The number of aliphatic hydroxyl groups excluding tert-OH is 3. The normalized spacial score (nSPS) is 40.1. The number of halogens is 1. The summed E-state index contributed by atoms with van der Waals surface area (Å²) in [6, 6.07) is 1.24. The number of hydrogen-bond donors (Lipinski definition) is 8. The van der Waals surface area contributed by atoms with Crippen LogP contribution in [0, 0.1) is 46.3 Å². The number of esters is 1. The number of carbonyl (C=O) groups is 6. The number of ketones is 4. The van der Waals surface area contributed by atoms with Crippen molar-refractivity contribution < 1.29 is 69.2 Å². The smallest absolute Gasteiger partial charge is 0.303 e. The maximum Gasteiger partial charge on any atom is 0.303 e. The van der Waals surface area contributed by atoms with E-state index in [2.05, 4.69) is 13.8 Å². The van der Waals surface area contributed by atoms with E-state index >= 15 is 0 Å². The van der Waals surface area contributed by atoms with Gasteiger partial charge in [0.05, 0.1) is 23.3 Å². The summed E-state index contributed by atoms with van der Waals surface area (Å²) in [4.78, 5) is 76.2. The van der Waals surface area contributed by atoms with Crippen LogP contribution in [0.5, 0.6) is 5.75 Å². The summed E-state index contributed by atoms with van der Waals surface area (Å²) in [6.45, 7) is 8.28. The molecule has 1 amide bonds. The molecule has 0 aromatic heterocycles. The van der Waals surface area contributed by atoms with Crippen molar-refractivity contribution in [2.75, 3.05) is 20.7 Å². The maximum atomic E-state index is 13.7. The van der Waals surface area contributed by atoms with Crippen molar-refractivity contribution in [1.82, 2.24) is 4.90 Å². The Kier molecular flexibility index (Phi) is 11.2. The number of amides is 1. The number of phenolic OH excluding ortho intramolecular Hbond substituents is 1. The largest absolute Gasteiger partial charge is 0.508 e. The number of aromatic hydroxyl groups is 1. The van der Waals surface area contributed by atoms with E-state index < -0.39 is 116 Å². The van der Waals surface area contributed by atoms with Gasteiger partial charge in [-0.05, 0) is 95.2 Å². The molecule has 1 aromatic rings. The fourth-order valence-corrected chi connectivity index (χ4v) is 13.4. The van der Waals surface area contributed by atoms with Crippen LogP contribution in [0.1, 0.15) is 77.8 Å². The summed E-state index contributed by atoms with van der Waals surface area (Å²) in [5.41, 5.74) is -2.82. The van der Waals surface area contributed by atoms with Gasteiger partial charge in [-0.15, -0.1) is 0 Å². The van der Waals surface area contributed by atoms with E-state index in [-0.39, 0.29) is 52.0 Å². The number of ether oxygens (including phenoxy) is 1. The number of allylic oxidation sites excluding steroid dienone is 4. The lowest BCUT2D eigenvalue weighted by molar-refractivity contribution is -0.182. The molecule has 8 rings (SSSR count). The number of Topliss-reactive ketones (excluding diaryl/α,β-unsaturated/α-hetero) is 3. The molecule has 9 N–H and O–H groups in total. The van der Waals surface area contributed by atoms with E-state index in [1.807, 2.05) is 13.0 Å². The van der Waals surface area contributed by atoms with Gasteiger partial charge >= 0.3 is 5.97 Å². The molecule has 340 valence electrons. The number of rotatable bonds is 5. The van der Waals surface area contributed by atoms with Crippen LogP contribution in [0.2, 0.25) is 5.02 Å². The predicted octanol–water partition coefficient (Wildman–Crippen LogP) is 2.66. The highest BCUT2D eigenvalue weighted by Crippen LogP contribution is 2.68. The van der Waals surface area contributed by atoms with Crippen LogP contribution in [0.15, 0.2) is 52.8 Å². The molecule has 0 heterocycles. The van der Waals surface area contributed by atoms with Gasteiger partial charge in [0, 0.05) is 51.7 Å². The Hall–Kier alpha value is -4.71. The first-order valence-corrected chi connectivity index (χ1v) is 21.4. The number of fused-ring (bicyclic) bond motifs is 8. The van der Waals surface area contributed by atoms with E-state index in [0.29, 0.717) is 19.3 Å². The summed E-state index contributed by atoms with van der Waals surface area (Å²) in [6.07, 6.45) is 6.45. The van der Waals surface area contributed by atoms with Crippen LogP contribution >= 0.6 is 11.6 Å². The molecule has 13 atom stereocenters. The Balaban J connectivity index is 0.000000190. The Morgan fingerprint density at radius 2 is 1.65 bits per heavy atom. The first-order chi connectivity index (χ1) is 29.1. The number of phenols is 1. The molecule has 0 saturated heterocycles. The molecular weight excluding hydrogens is 840 g/mol. The zero-order valence-corrected chi connectivity index (χ0v) is 36.9. The second-order valence-corrected chi connectivity index (χ2v) is 19.8. The number of primary amides is 1. The summed E-state index contributed by atoms with van der Waals surface area (Å²) in [5.74, 6) is -9.01. The lowest BCUT2D eigenvalue weighted by Crippen LogP contribution is -2.67. The van der Waals surface area contributed by atoms with Gasteiger partial charge in [-0.25, -0.2) is 0 Å². The highest BCUT2D eigenvalue weighted by atomic mass is 35.5. The van der Waals surface area contributed by atoms with Crippen molar-refractivity contribution in [1.29, 1.82) is 0 Å². The number of aliphatic hydroxyl groups is 6. The van der Waals surface area contributed by atoms with E-state index in [1.54, 1.807) is 12.2 Å². The number of hydrogen-bond acceptors (Lipinski definition) is 15. The van der Waals surface area contributed by atoms with Gasteiger partial charge < -0.3 is 46.2 Å². The Morgan fingerprint density at radius 3 is 2.25 bits per heavy atom. The third-order valence-corrected chi connectivity index (χ3v) is 16.2. The molecule has 0 unspecified atom stereocenters. The topological polar surface area (TPSA) is 283 Å². The first kappa shape index (κ1) is 46.3. The minimum Gasteiger partial charge on any atom is -0.508 e. The lowest BCUT2D eigenvalue weighted by Gasteiger charge is -2.60. The van der Waals surface area contributed by atoms with E-state index in [0.717, 1.165) is 12.0 Å². The van der Waals surface area contributed by atoms with Crippen LogP contribution in [-0.4, -0.2) is 120 Å². The molecule has 7 aliphatic carbocycles. The van der Waals surface area contributed by atoms with Crippen molar-refractivity contribution >= 4 is 52.4 Å². The zero-order chi connectivity index (χ0) is 46.8. The Morgan fingerprint density at radius 1 is 1.00 bits per heavy atom. The van der Waals surface area contributed by atoms with Crippen LogP contribution in [0.4, 0.5) is 0 Å². The van der Waals surface area contributed by atoms with Gasteiger partial charge in [-0.3, -0.25) is 33.7 Å². The molecule has 17 heteroatoms. The second kappa shape index (κ2) is 15.2. The zero-order valence-electron chi connectivity index (χ0n) is 36.1. The molecular formula is C46H55ClN2O14. The number of benzene rings is 1. The molecule has 4 fully saturated rings. The van der Waals surface area contributed by atoms with Crippen molar-refractivity contribution in [3.8, 4) is 5.75 Å². The van der Waals surface area contributed by atoms with Crippen LogP contribution in [0.3, 0.4) is 0 Å². The number of carbonyl (C=O) groups excluding carboxylic acids is 6. The van der Waals surface area contributed by atoms with Crippen LogP contribution in [0.25, 0.3) is 5.76 Å². The third kappa shape index (κ3) is 6.41. The van der Waals surface area contributed by atoms with Crippen molar-refractivity contribution in [3.05, 3.63) is 69.0 Å². The summed E-state index contributed by atoms with van der Waals surface area (Å²) < 4.78 is 4.89. The van der Waals surface area contributed by atoms with Gasteiger partial charge in [0.15, 0.2) is 23.8 Å². The van der Waals surface area contributed by atoms with Gasteiger partial charge in [0.2, 0.25) is 11.6 Å². The Labute approximate surface area is 368 Å². The standard InChI is InChI=1S/C24H32O6.C22H23ClN2O8/c1-13-9-16-17-6-8-24(29,20(28)12-30-14(2)25)23(17,4)11-19(27)21(16)22(3)7-5-15(26)10-18(13)22;1-21(32)7-6-8-15(25(2)3)17(28)13(20(24)31)19(30)22(8,33)18(29)11(7)16(27)12-10(26)5-4-9(23)14(12)21/h5,7,10,13,16-17,19,21,27,29H,6,8-9,11-12H2,1-4H3;4-5,7-8,15,26-27,30,32-33H,6H2,1-3H3,(H2,24,31)/t13-,16-,17-,19-,21+,22-,23-,24-;7-,8-,15-,21-,22-/m00/s1. The average Bonchev–Trinajstić information content (AvgIpc) is 3.45. The maximum absolute atomic E-state index is 13.7. The van der Waals surface area contributed by atoms with Crippen LogP contribution in [-0.2, 0) is 39.1 Å². The predicted molar refractivity (Wildman–Crippen MR) is 224 cm³/mol. The molecule has 16 nitrogen and oxygen atoms in total. The number of likely N-dealkylation sites (N-methyl/N-ethyl adjacent to an activating group) is 1. The minimum atomic E-state index is -2.78. The molecule has 0 bridgehead atoms. The molecule has 4 saturated carbocycles. The van der Waals surface area contributed by atoms with Gasteiger partial charge in [-0.2, -0.15) is 0 Å². The van der Waals surface area contributed by atoms with E-state index in [9.17, 15) is 64.5 Å². The summed E-state index contributed by atoms with van der Waals surface area (Å²) in [7, 11) is 2.97. The fraction of sp³-hybridized carbons (Fsp3) is 0.565. The van der Waals surface area contributed by atoms with Crippen molar-refractivity contribution in [2.45, 2.75) is 95.7 Å². The van der Waals surface area contributed by atoms with E-state index in [4.69, 9.17) is 22.1 Å². The van der Waals surface area contributed by atoms with Crippen molar-refractivity contribution in [3.63, 3.8) is 0 Å². The number of nitrogens with zero attached hydrogens (tertiary/aromatic N) is 1. The SMILES string of the molecule is CC(=O)OCC(=O)[C@@]1(O)CC[C@H]2[C@@H]3C[C@H](C)C4=CC(=O)C=C[C@]4(C)[C@H]3[C@@H](O)C[C@@]21C.CN(C)[C@@H]1C(=O)C(C(N)=O)=C(O)[C@@]2(O)C(=O)C3=C(O)c4c(O)ccc(Cl)c4[C@@](C)(O)[C@H]3C[C@@H]12. The Bertz CT molecular complexity index is 2380. The molecule has 0 aliphatic heterocycles. The molecule has 1 aromatic carbocycles. The lowest BCUT2D eigenvalue weighted by atomic mass is 9.45. The summed E-state index contributed by atoms with van der Waals surface area (Å²) in [5, 5.41) is 78.1. The summed E-state index contributed by atoms with van der Waals surface area (Å²) >= 11 is 6.28. The highest BCUT2D eigenvalue weighted by molar-refractivity contribution is 6.32. The van der Waals surface area contributed by atoms with Gasteiger partial charge in [-0.1, -0.05) is 44.0 Å². The van der Waals surface area contributed by atoms with Gasteiger partial charge in [0.1, 0.15) is 28.4 Å². The monoisotopic (exact) mass is 894 g/mol. The first-order valence-electron chi connectivity index (χ1n) is 21.0. The molecule has 7 aliphatic rings. The second-order valence-electron chi connectivity index (χ2n) is 19.4. The third-order valence-electron chi connectivity index (χ3n) is 15.9. The van der Waals surface area contributed by atoms with Crippen LogP contribution < -0.4 is 5.73 Å². The quantitative estimate of drug-likeness (QED) is 0.156. The molecule has 0 spiro atoms. The van der Waals surface area contributed by atoms with Crippen molar-refractivity contribution in [2.24, 2.45) is 52.1 Å². The molecule has 0 radical (unpaired) electrons. The van der Waals surface area contributed by atoms with Gasteiger partial charge in [0.25, 0.3) is 5.91 Å². The average molecular weight is 895 g/mol.